The van der Waals surface area contributed by atoms with E-state index in [1.54, 1.807) is 0 Å². The molecule has 2 fully saturated rings. The zero-order valence-electron chi connectivity index (χ0n) is 12.7. The molecule has 2 aliphatic carbocycles. The second kappa shape index (κ2) is 4.60. The summed E-state index contributed by atoms with van der Waals surface area (Å²) in [6.07, 6.45) is 4.01. The van der Waals surface area contributed by atoms with Crippen LogP contribution in [-0.2, 0) is 6.54 Å². The van der Waals surface area contributed by atoms with Crippen molar-refractivity contribution in [2.45, 2.75) is 52.6 Å². The van der Waals surface area contributed by atoms with Crippen molar-refractivity contribution in [3.05, 3.63) is 35.4 Å². The summed E-state index contributed by atoms with van der Waals surface area (Å²) < 4.78 is 0. The van der Waals surface area contributed by atoms with E-state index >= 15 is 0 Å². The van der Waals surface area contributed by atoms with Crippen molar-refractivity contribution in [2.24, 2.45) is 16.7 Å². The maximum absolute atomic E-state index is 9.17. The third kappa shape index (κ3) is 1.80. The average molecular weight is 268 g/mol. The molecule has 20 heavy (non-hydrogen) atoms. The van der Waals surface area contributed by atoms with Gasteiger partial charge in [0.25, 0.3) is 0 Å². The molecule has 3 atom stereocenters. The first-order chi connectivity index (χ1) is 9.49. The van der Waals surface area contributed by atoms with Crippen LogP contribution in [0.15, 0.2) is 24.3 Å². The second-order valence-electron chi connectivity index (χ2n) is 7.31. The summed E-state index contributed by atoms with van der Waals surface area (Å²) in [5, 5.41) is 12.9. The molecule has 1 aromatic carbocycles. The van der Waals surface area contributed by atoms with Gasteiger partial charge in [0.1, 0.15) is 0 Å². The highest BCUT2D eigenvalue weighted by Gasteiger charge is 2.60. The van der Waals surface area contributed by atoms with E-state index in [0.717, 1.165) is 23.6 Å². The van der Waals surface area contributed by atoms with Gasteiger partial charge in [-0.1, -0.05) is 39.0 Å². The second-order valence-corrected chi connectivity index (χ2v) is 7.31. The van der Waals surface area contributed by atoms with E-state index in [9.17, 15) is 5.26 Å². The molecule has 1 aromatic rings. The molecule has 2 nitrogen and oxygen atoms in total. The number of hydrogen-bond acceptors (Lipinski definition) is 2. The number of benzene rings is 1. The first-order valence-electron chi connectivity index (χ1n) is 7.70. The van der Waals surface area contributed by atoms with E-state index in [4.69, 9.17) is 0 Å². The Morgan fingerprint density at radius 3 is 2.65 bits per heavy atom. The van der Waals surface area contributed by atoms with E-state index < -0.39 is 0 Å². The lowest BCUT2D eigenvalue weighted by molar-refractivity contribution is 0.120. The molecule has 0 amide bonds. The summed E-state index contributed by atoms with van der Waals surface area (Å²) in [5.41, 5.74) is 2.77. The van der Waals surface area contributed by atoms with E-state index in [2.05, 4.69) is 38.2 Å². The predicted molar refractivity (Wildman–Crippen MR) is 81.0 cm³/mol. The van der Waals surface area contributed by atoms with Crippen LogP contribution in [0.4, 0.5) is 0 Å². The summed E-state index contributed by atoms with van der Waals surface area (Å²) in [6.45, 7) is 8.14. The highest BCUT2D eigenvalue weighted by atomic mass is 15.0. The van der Waals surface area contributed by atoms with Crippen molar-refractivity contribution >= 4 is 0 Å². The van der Waals surface area contributed by atoms with Crippen LogP contribution in [0.3, 0.4) is 0 Å². The average Bonchev–Trinajstić information content (AvgIpc) is 2.78. The number of rotatable bonds is 3. The SMILES string of the molecule is CC1(C)C2CCC1(C)C(NCc1ccccc1C#N)C2. The van der Waals surface area contributed by atoms with Crippen molar-refractivity contribution in [1.82, 2.24) is 5.32 Å². The van der Waals surface area contributed by atoms with Gasteiger partial charge in [-0.3, -0.25) is 0 Å². The Labute approximate surface area is 122 Å². The van der Waals surface area contributed by atoms with Gasteiger partial charge in [0.15, 0.2) is 0 Å². The van der Waals surface area contributed by atoms with Crippen LogP contribution in [0.25, 0.3) is 0 Å². The number of nitrogens with zero attached hydrogens (tertiary/aromatic N) is 1. The van der Waals surface area contributed by atoms with Crippen molar-refractivity contribution in [2.75, 3.05) is 0 Å². The van der Waals surface area contributed by atoms with E-state index in [-0.39, 0.29) is 0 Å². The normalized spacial score (nSPS) is 34.1. The standard InChI is InChI=1S/C18H24N2/c1-17(2)15-8-9-18(17,3)16(10-15)20-12-14-7-5-4-6-13(14)11-19/h4-7,15-16,20H,8-10,12H2,1-3H3. The molecule has 2 saturated carbocycles. The Hall–Kier alpha value is -1.33. The molecule has 2 heteroatoms. The highest BCUT2D eigenvalue weighted by molar-refractivity contribution is 5.37. The summed E-state index contributed by atoms with van der Waals surface area (Å²) in [7, 11) is 0. The fourth-order valence-electron chi connectivity index (χ4n) is 4.53. The van der Waals surface area contributed by atoms with Crippen molar-refractivity contribution in [3.8, 4) is 6.07 Å². The van der Waals surface area contributed by atoms with Gasteiger partial charge in [0.2, 0.25) is 0 Å². The molecule has 0 aliphatic heterocycles. The first-order valence-corrected chi connectivity index (χ1v) is 7.70. The lowest BCUT2D eigenvalue weighted by Gasteiger charge is -2.39. The molecule has 0 saturated heterocycles. The summed E-state index contributed by atoms with van der Waals surface area (Å²) in [4.78, 5) is 0. The molecular formula is C18H24N2. The number of fused-ring (bicyclic) bond motifs is 2. The third-order valence-electron chi connectivity index (χ3n) is 6.47. The van der Waals surface area contributed by atoms with Crippen LogP contribution < -0.4 is 5.32 Å². The van der Waals surface area contributed by atoms with Gasteiger partial charge >= 0.3 is 0 Å². The maximum Gasteiger partial charge on any atom is 0.0995 e. The molecule has 3 rings (SSSR count). The largest absolute Gasteiger partial charge is 0.309 e. The Kier molecular flexibility index (Phi) is 3.14. The molecule has 2 bridgehead atoms. The minimum absolute atomic E-state index is 0.402. The lowest BCUT2D eigenvalue weighted by atomic mass is 9.69. The van der Waals surface area contributed by atoms with Crippen molar-refractivity contribution < 1.29 is 0 Å². The molecule has 0 heterocycles. The fourth-order valence-corrected chi connectivity index (χ4v) is 4.53. The van der Waals surface area contributed by atoms with Crippen molar-refractivity contribution in [1.29, 1.82) is 5.26 Å². The number of nitrogens with one attached hydrogen (secondary N) is 1. The van der Waals surface area contributed by atoms with Gasteiger partial charge in [-0.25, -0.2) is 0 Å². The molecule has 0 spiro atoms. The van der Waals surface area contributed by atoms with Gasteiger partial charge in [-0.2, -0.15) is 5.26 Å². The third-order valence-corrected chi connectivity index (χ3v) is 6.47. The summed E-state index contributed by atoms with van der Waals surface area (Å²) in [6, 6.07) is 10.8. The molecule has 106 valence electrons. The summed E-state index contributed by atoms with van der Waals surface area (Å²) >= 11 is 0. The quantitative estimate of drug-likeness (QED) is 0.903. The van der Waals surface area contributed by atoms with E-state index in [1.165, 1.54) is 19.3 Å². The van der Waals surface area contributed by atoms with Crippen LogP contribution in [0.5, 0.6) is 0 Å². The Morgan fingerprint density at radius 1 is 1.30 bits per heavy atom. The van der Waals surface area contributed by atoms with Gasteiger partial charge in [-0.05, 0) is 47.6 Å². The highest BCUT2D eigenvalue weighted by Crippen LogP contribution is 2.65. The first kappa shape index (κ1) is 13.6. The molecular weight excluding hydrogens is 244 g/mol. The Bertz CT molecular complexity index is 555. The number of nitriles is 1. The predicted octanol–water partition coefficient (Wildman–Crippen LogP) is 3.86. The van der Waals surface area contributed by atoms with Crippen LogP contribution in [-0.4, -0.2) is 6.04 Å². The van der Waals surface area contributed by atoms with Crippen LogP contribution in [0, 0.1) is 28.1 Å². The van der Waals surface area contributed by atoms with Gasteiger partial charge in [-0.15, -0.1) is 0 Å². The zero-order chi connectivity index (χ0) is 14.4. The minimum Gasteiger partial charge on any atom is -0.309 e. The molecule has 0 radical (unpaired) electrons. The summed E-state index contributed by atoms with van der Waals surface area (Å²) in [5.74, 6) is 0.858. The topological polar surface area (TPSA) is 35.8 Å². The van der Waals surface area contributed by atoms with Gasteiger partial charge < -0.3 is 5.32 Å². The van der Waals surface area contributed by atoms with Crippen LogP contribution in [0.2, 0.25) is 0 Å². The van der Waals surface area contributed by atoms with E-state index in [0.29, 0.717) is 16.9 Å². The monoisotopic (exact) mass is 268 g/mol. The molecule has 3 unspecified atom stereocenters. The fraction of sp³-hybridized carbons (Fsp3) is 0.611. The number of hydrogen-bond donors (Lipinski definition) is 1. The van der Waals surface area contributed by atoms with Gasteiger partial charge in [0, 0.05) is 12.6 Å². The molecule has 2 aliphatic rings. The zero-order valence-corrected chi connectivity index (χ0v) is 12.7. The Morgan fingerprint density at radius 2 is 2.05 bits per heavy atom. The minimum atomic E-state index is 0.402. The lowest BCUT2D eigenvalue weighted by Crippen LogP contribution is -2.44. The molecule has 0 aromatic heterocycles. The van der Waals surface area contributed by atoms with Crippen molar-refractivity contribution in [3.63, 3.8) is 0 Å². The smallest absolute Gasteiger partial charge is 0.0995 e. The van der Waals surface area contributed by atoms with Gasteiger partial charge in [0.05, 0.1) is 11.6 Å². The molecule has 1 N–H and O–H groups in total. The maximum atomic E-state index is 9.17. The van der Waals surface area contributed by atoms with E-state index in [1.807, 2.05) is 18.2 Å². The van der Waals surface area contributed by atoms with Crippen LogP contribution >= 0.6 is 0 Å². The van der Waals surface area contributed by atoms with Crippen LogP contribution in [0.1, 0.15) is 51.2 Å². The Balaban J connectivity index is 1.73.